The summed E-state index contributed by atoms with van der Waals surface area (Å²) in [5, 5.41) is 0. The van der Waals surface area contributed by atoms with Gasteiger partial charge in [-0.15, -0.1) is 0 Å². The van der Waals surface area contributed by atoms with Gasteiger partial charge in [0.25, 0.3) is 5.91 Å². The van der Waals surface area contributed by atoms with Crippen LogP contribution in [0.15, 0.2) is 36.4 Å². The van der Waals surface area contributed by atoms with Crippen molar-refractivity contribution in [1.29, 1.82) is 0 Å². The fourth-order valence-corrected chi connectivity index (χ4v) is 6.16. The molecule has 2 aliphatic heterocycles. The first-order valence-corrected chi connectivity index (χ1v) is 14.6. The van der Waals surface area contributed by atoms with Gasteiger partial charge >= 0.3 is 0 Å². The first-order chi connectivity index (χ1) is 18.3. The van der Waals surface area contributed by atoms with Gasteiger partial charge in [0.15, 0.2) is 0 Å². The number of aryl methyl sites for hydroxylation is 1. The molecule has 6 heteroatoms. The van der Waals surface area contributed by atoms with E-state index in [-0.39, 0.29) is 17.8 Å². The highest BCUT2D eigenvalue weighted by atomic mass is 19.1. The van der Waals surface area contributed by atoms with Gasteiger partial charge in [-0.1, -0.05) is 39.0 Å². The first kappa shape index (κ1) is 28.7. The zero-order valence-corrected chi connectivity index (χ0v) is 23.2. The molecule has 0 spiro atoms. The number of rotatable bonds is 10. The number of nitrogens with zero attached hydrogens (tertiary/aromatic N) is 2. The van der Waals surface area contributed by atoms with Crippen LogP contribution in [0.2, 0.25) is 0 Å². The van der Waals surface area contributed by atoms with Crippen LogP contribution in [0.1, 0.15) is 88.1 Å². The van der Waals surface area contributed by atoms with E-state index < -0.39 is 11.5 Å². The molecular formula is C32H43F3N2O. The molecule has 4 rings (SSSR count). The number of carbonyl (C=O) groups is 1. The van der Waals surface area contributed by atoms with E-state index in [4.69, 9.17) is 0 Å². The molecule has 2 saturated heterocycles. The largest absolute Gasteiger partial charge is 0.336 e. The van der Waals surface area contributed by atoms with Crippen LogP contribution >= 0.6 is 0 Å². The van der Waals surface area contributed by atoms with Crippen molar-refractivity contribution in [2.45, 2.75) is 90.3 Å². The molecule has 1 atom stereocenters. The second-order valence-corrected chi connectivity index (χ2v) is 11.3. The van der Waals surface area contributed by atoms with Gasteiger partial charge in [-0.2, -0.15) is 0 Å². The molecule has 2 heterocycles. The lowest BCUT2D eigenvalue weighted by molar-refractivity contribution is 0.0628. The highest BCUT2D eigenvalue weighted by Crippen LogP contribution is 2.30. The summed E-state index contributed by atoms with van der Waals surface area (Å²) >= 11 is 0. The smallest absolute Gasteiger partial charge is 0.254 e. The van der Waals surface area contributed by atoms with Gasteiger partial charge in [0.2, 0.25) is 0 Å². The molecule has 38 heavy (non-hydrogen) atoms. The van der Waals surface area contributed by atoms with Crippen molar-refractivity contribution < 1.29 is 18.0 Å². The molecule has 1 unspecified atom stereocenters. The van der Waals surface area contributed by atoms with Crippen LogP contribution in [0.4, 0.5) is 13.2 Å². The minimum Gasteiger partial charge on any atom is -0.336 e. The van der Waals surface area contributed by atoms with E-state index in [9.17, 15) is 9.18 Å². The molecule has 0 N–H and O–H groups in total. The third kappa shape index (κ3) is 6.62. The molecule has 0 aliphatic carbocycles. The van der Waals surface area contributed by atoms with Crippen molar-refractivity contribution in [3.8, 4) is 11.1 Å². The van der Waals surface area contributed by atoms with Gasteiger partial charge < -0.3 is 9.80 Å². The number of hydrogen-bond acceptors (Lipinski definition) is 2. The van der Waals surface area contributed by atoms with E-state index >= 15 is 8.78 Å². The van der Waals surface area contributed by atoms with E-state index in [1.165, 1.54) is 12.1 Å². The Bertz CT molecular complexity index is 1090. The predicted molar refractivity (Wildman–Crippen MR) is 148 cm³/mol. The normalized spacial score (nSPS) is 19.3. The van der Waals surface area contributed by atoms with Gasteiger partial charge in [0.1, 0.15) is 17.3 Å². The summed E-state index contributed by atoms with van der Waals surface area (Å²) in [4.78, 5) is 17.0. The number of alkyl halides is 1. The van der Waals surface area contributed by atoms with E-state index in [1.807, 2.05) is 18.7 Å². The molecule has 0 radical (unpaired) electrons. The fraction of sp³-hybridized carbons (Fsp3) is 0.594. The molecule has 1 amide bonds. The molecule has 2 aromatic carbocycles. The molecule has 208 valence electrons. The van der Waals surface area contributed by atoms with E-state index in [1.54, 1.807) is 24.3 Å². The monoisotopic (exact) mass is 528 g/mol. The molecule has 0 saturated carbocycles. The van der Waals surface area contributed by atoms with Crippen LogP contribution in [-0.4, -0.2) is 53.6 Å². The molecule has 2 fully saturated rings. The van der Waals surface area contributed by atoms with Crippen LogP contribution in [0.5, 0.6) is 0 Å². The van der Waals surface area contributed by atoms with Crippen molar-refractivity contribution >= 4 is 5.91 Å². The number of likely N-dealkylation sites (tertiary alicyclic amines) is 2. The maximum Gasteiger partial charge on any atom is 0.254 e. The lowest BCUT2D eigenvalue weighted by Crippen LogP contribution is -2.43. The number of hydrogen-bond donors (Lipinski definition) is 0. The number of piperidine rings is 1. The molecule has 2 aromatic rings. The average Bonchev–Trinajstić information content (AvgIpc) is 3.41. The summed E-state index contributed by atoms with van der Waals surface area (Å²) in [5.74, 6) is -0.458. The highest BCUT2D eigenvalue weighted by molar-refractivity contribution is 5.95. The van der Waals surface area contributed by atoms with Crippen LogP contribution < -0.4 is 0 Å². The Kier molecular flexibility index (Phi) is 9.56. The van der Waals surface area contributed by atoms with Crippen molar-refractivity contribution in [3.63, 3.8) is 0 Å². The second-order valence-electron chi connectivity index (χ2n) is 11.3. The van der Waals surface area contributed by atoms with Crippen molar-refractivity contribution in [1.82, 2.24) is 9.80 Å². The summed E-state index contributed by atoms with van der Waals surface area (Å²) in [6.07, 6.45) is 7.51. The van der Waals surface area contributed by atoms with Gasteiger partial charge in [0.05, 0.1) is 0 Å². The van der Waals surface area contributed by atoms with Gasteiger partial charge in [-0.25, -0.2) is 13.2 Å². The second kappa shape index (κ2) is 12.7. The standard InChI is InChI=1S/C32H43F3N2O/c1-4-27-8-7-17-37(27)31(38)26-13-14-28(30(34)21-26)25-12-11-24(29(33)20-25)10-9-23-15-18-36(19-16-23)22-32(35,5-2)6-3/h11-14,20-21,23,27H,4-10,15-19,22H2,1-3H3. The highest BCUT2D eigenvalue weighted by Gasteiger charge is 2.31. The average molecular weight is 529 g/mol. The number of carbonyl (C=O) groups excluding carboxylic acids is 1. The Labute approximate surface area is 226 Å². The summed E-state index contributed by atoms with van der Waals surface area (Å²) in [6.45, 7) is 8.90. The maximum absolute atomic E-state index is 15.0. The van der Waals surface area contributed by atoms with Gasteiger partial charge in [-0.05, 0) is 106 Å². The summed E-state index contributed by atoms with van der Waals surface area (Å²) in [7, 11) is 0. The zero-order valence-electron chi connectivity index (χ0n) is 23.2. The summed E-state index contributed by atoms with van der Waals surface area (Å²) in [5.41, 5.74) is 0.666. The Morgan fingerprint density at radius 3 is 2.32 bits per heavy atom. The molecule has 0 bridgehead atoms. The Hall–Kier alpha value is -2.34. The van der Waals surface area contributed by atoms with Crippen molar-refractivity contribution in [2.24, 2.45) is 5.92 Å². The van der Waals surface area contributed by atoms with Crippen LogP contribution in [-0.2, 0) is 6.42 Å². The molecular weight excluding hydrogens is 485 g/mol. The van der Waals surface area contributed by atoms with Gasteiger partial charge in [0, 0.05) is 30.3 Å². The number of benzene rings is 2. The Morgan fingerprint density at radius 2 is 1.68 bits per heavy atom. The van der Waals surface area contributed by atoms with E-state index in [0.29, 0.717) is 60.5 Å². The van der Waals surface area contributed by atoms with Crippen molar-refractivity contribution in [2.75, 3.05) is 26.2 Å². The molecule has 3 nitrogen and oxygen atoms in total. The lowest BCUT2D eigenvalue weighted by Gasteiger charge is -2.36. The van der Waals surface area contributed by atoms with Crippen LogP contribution in [0.25, 0.3) is 11.1 Å². The van der Waals surface area contributed by atoms with Crippen LogP contribution in [0.3, 0.4) is 0 Å². The van der Waals surface area contributed by atoms with Crippen LogP contribution in [0, 0.1) is 17.6 Å². The fourth-order valence-electron chi connectivity index (χ4n) is 6.16. The lowest BCUT2D eigenvalue weighted by atomic mass is 9.89. The number of halogens is 3. The number of amides is 1. The SMILES string of the molecule is CCC1CCCN1C(=O)c1ccc(-c2ccc(CCC3CCN(CC(F)(CC)CC)CC3)c(F)c2)c(F)c1. The quantitative estimate of drug-likeness (QED) is 0.314. The summed E-state index contributed by atoms with van der Waals surface area (Å²) < 4.78 is 44.8. The van der Waals surface area contributed by atoms with E-state index in [0.717, 1.165) is 51.6 Å². The summed E-state index contributed by atoms with van der Waals surface area (Å²) in [6, 6.07) is 9.68. The third-order valence-electron chi connectivity index (χ3n) is 8.99. The van der Waals surface area contributed by atoms with Gasteiger partial charge in [-0.3, -0.25) is 4.79 Å². The molecule has 2 aliphatic rings. The Balaban J connectivity index is 1.33. The first-order valence-electron chi connectivity index (χ1n) is 14.6. The maximum atomic E-state index is 15.0. The topological polar surface area (TPSA) is 23.6 Å². The molecule has 0 aromatic heterocycles. The minimum atomic E-state index is -1.10. The Morgan fingerprint density at radius 1 is 0.947 bits per heavy atom. The minimum absolute atomic E-state index is 0.132. The predicted octanol–water partition coefficient (Wildman–Crippen LogP) is 7.82. The zero-order chi connectivity index (χ0) is 27.3. The third-order valence-corrected chi connectivity index (χ3v) is 8.99. The van der Waals surface area contributed by atoms with E-state index in [2.05, 4.69) is 11.8 Å². The van der Waals surface area contributed by atoms with Crippen molar-refractivity contribution in [3.05, 3.63) is 59.2 Å².